The number of hydrogen-bond donors (Lipinski definition) is 1. The molecule has 1 amide bonds. The number of amides is 1. The number of hydrogen-bond acceptors (Lipinski definition) is 3. The standard InChI is InChI=1S/C12H9FN2O2/c13-8-1-3-9(4-2-8)17-11-5-6-15-7-10(11)12(14)16/h1-7H,(H2,14,16). The van der Waals surface area contributed by atoms with Crippen LogP contribution in [-0.4, -0.2) is 10.9 Å². The topological polar surface area (TPSA) is 65.2 Å². The van der Waals surface area contributed by atoms with Crippen LogP contribution >= 0.6 is 0 Å². The van der Waals surface area contributed by atoms with E-state index in [0.717, 1.165) is 0 Å². The third kappa shape index (κ3) is 2.57. The lowest BCUT2D eigenvalue weighted by Crippen LogP contribution is -2.12. The van der Waals surface area contributed by atoms with Gasteiger partial charge in [-0.2, -0.15) is 0 Å². The van der Waals surface area contributed by atoms with E-state index in [1.165, 1.54) is 42.7 Å². The molecule has 0 aliphatic rings. The van der Waals surface area contributed by atoms with E-state index in [4.69, 9.17) is 10.5 Å². The summed E-state index contributed by atoms with van der Waals surface area (Å²) in [5.74, 6) is -0.281. The Morgan fingerprint density at radius 2 is 1.94 bits per heavy atom. The van der Waals surface area contributed by atoms with Crippen LogP contribution in [0, 0.1) is 5.82 Å². The Morgan fingerprint density at radius 3 is 2.59 bits per heavy atom. The molecule has 1 aromatic heterocycles. The van der Waals surface area contributed by atoms with Crippen LogP contribution in [0.1, 0.15) is 10.4 Å². The van der Waals surface area contributed by atoms with Gasteiger partial charge in [0.05, 0.1) is 0 Å². The van der Waals surface area contributed by atoms with Crippen molar-refractivity contribution in [1.29, 1.82) is 0 Å². The fourth-order valence-electron chi connectivity index (χ4n) is 1.29. The van der Waals surface area contributed by atoms with E-state index in [1.54, 1.807) is 0 Å². The summed E-state index contributed by atoms with van der Waals surface area (Å²) >= 11 is 0. The number of nitrogens with zero attached hydrogens (tertiary/aromatic N) is 1. The van der Waals surface area contributed by atoms with Crippen molar-refractivity contribution in [2.75, 3.05) is 0 Å². The van der Waals surface area contributed by atoms with Crippen LogP contribution in [0.4, 0.5) is 4.39 Å². The smallest absolute Gasteiger partial charge is 0.254 e. The van der Waals surface area contributed by atoms with Crippen molar-refractivity contribution in [3.63, 3.8) is 0 Å². The second kappa shape index (κ2) is 4.61. The molecule has 0 spiro atoms. The first-order valence-corrected chi connectivity index (χ1v) is 4.84. The van der Waals surface area contributed by atoms with Gasteiger partial charge in [-0.05, 0) is 30.3 Å². The monoisotopic (exact) mass is 232 g/mol. The van der Waals surface area contributed by atoms with Gasteiger partial charge >= 0.3 is 0 Å². The maximum absolute atomic E-state index is 12.7. The lowest BCUT2D eigenvalue weighted by atomic mass is 10.2. The van der Waals surface area contributed by atoms with Gasteiger partial charge < -0.3 is 10.5 Å². The number of primary amides is 1. The van der Waals surface area contributed by atoms with Crippen molar-refractivity contribution in [2.45, 2.75) is 0 Å². The summed E-state index contributed by atoms with van der Waals surface area (Å²) < 4.78 is 18.1. The van der Waals surface area contributed by atoms with Gasteiger partial charge in [0.25, 0.3) is 5.91 Å². The Bertz CT molecular complexity index is 540. The van der Waals surface area contributed by atoms with E-state index >= 15 is 0 Å². The number of rotatable bonds is 3. The highest BCUT2D eigenvalue weighted by molar-refractivity contribution is 5.95. The zero-order valence-electron chi connectivity index (χ0n) is 8.76. The summed E-state index contributed by atoms with van der Waals surface area (Å²) in [5.41, 5.74) is 5.35. The predicted octanol–water partition coefficient (Wildman–Crippen LogP) is 2.11. The molecule has 0 aliphatic carbocycles. The number of carbonyl (C=O) groups is 1. The van der Waals surface area contributed by atoms with Crippen LogP contribution in [0.3, 0.4) is 0 Å². The van der Waals surface area contributed by atoms with Gasteiger partial charge in [0.1, 0.15) is 22.9 Å². The second-order valence-electron chi connectivity index (χ2n) is 3.29. The molecule has 5 heteroatoms. The largest absolute Gasteiger partial charge is 0.456 e. The number of benzene rings is 1. The maximum Gasteiger partial charge on any atom is 0.254 e. The molecule has 0 saturated carbocycles. The van der Waals surface area contributed by atoms with Gasteiger partial charge in [-0.25, -0.2) is 4.39 Å². The van der Waals surface area contributed by atoms with E-state index in [0.29, 0.717) is 11.5 Å². The number of carbonyl (C=O) groups excluding carboxylic acids is 1. The molecule has 1 heterocycles. The zero-order valence-corrected chi connectivity index (χ0v) is 8.76. The van der Waals surface area contributed by atoms with E-state index in [-0.39, 0.29) is 11.4 Å². The molecule has 0 radical (unpaired) electrons. The molecule has 2 N–H and O–H groups in total. The van der Waals surface area contributed by atoms with E-state index in [1.807, 2.05) is 0 Å². The number of halogens is 1. The van der Waals surface area contributed by atoms with E-state index in [2.05, 4.69) is 4.98 Å². The third-order valence-corrected chi connectivity index (χ3v) is 2.09. The molecule has 0 saturated heterocycles. The van der Waals surface area contributed by atoms with Crippen LogP contribution in [0.2, 0.25) is 0 Å². The van der Waals surface area contributed by atoms with Crippen molar-refractivity contribution in [3.05, 3.63) is 54.1 Å². The highest BCUT2D eigenvalue weighted by Crippen LogP contribution is 2.24. The first-order valence-electron chi connectivity index (χ1n) is 4.84. The number of nitrogens with two attached hydrogens (primary N) is 1. The molecule has 0 bridgehead atoms. The van der Waals surface area contributed by atoms with Crippen molar-refractivity contribution < 1.29 is 13.9 Å². The quantitative estimate of drug-likeness (QED) is 0.881. The lowest BCUT2D eigenvalue weighted by Gasteiger charge is -2.08. The van der Waals surface area contributed by atoms with Crippen molar-refractivity contribution >= 4 is 5.91 Å². The maximum atomic E-state index is 12.7. The van der Waals surface area contributed by atoms with E-state index in [9.17, 15) is 9.18 Å². The first kappa shape index (κ1) is 11.1. The Labute approximate surface area is 96.9 Å². The third-order valence-electron chi connectivity index (χ3n) is 2.09. The highest BCUT2D eigenvalue weighted by atomic mass is 19.1. The van der Waals surface area contributed by atoms with Crippen LogP contribution in [0.25, 0.3) is 0 Å². The zero-order chi connectivity index (χ0) is 12.3. The molecule has 0 atom stereocenters. The minimum Gasteiger partial charge on any atom is -0.456 e. The fourth-order valence-corrected chi connectivity index (χ4v) is 1.29. The fraction of sp³-hybridized carbons (Fsp3) is 0. The van der Waals surface area contributed by atoms with Crippen molar-refractivity contribution in [2.24, 2.45) is 5.73 Å². The Morgan fingerprint density at radius 1 is 1.24 bits per heavy atom. The van der Waals surface area contributed by atoms with Crippen LogP contribution < -0.4 is 10.5 Å². The van der Waals surface area contributed by atoms with Gasteiger partial charge in [-0.15, -0.1) is 0 Å². The van der Waals surface area contributed by atoms with Gasteiger partial charge in [-0.3, -0.25) is 9.78 Å². The molecule has 2 aromatic rings. The SMILES string of the molecule is NC(=O)c1cnccc1Oc1ccc(F)cc1. The molecule has 0 aliphatic heterocycles. The minimum atomic E-state index is -0.629. The molecular formula is C12H9FN2O2. The molecule has 2 rings (SSSR count). The van der Waals surface area contributed by atoms with Gasteiger partial charge in [0.2, 0.25) is 0 Å². The van der Waals surface area contributed by atoms with Gasteiger partial charge in [-0.1, -0.05) is 0 Å². The summed E-state index contributed by atoms with van der Waals surface area (Å²) in [4.78, 5) is 14.9. The normalized spacial score (nSPS) is 9.94. The van der Waals surface area contributed by atoms with Crippen molar-refractivity contribution in [3.8, 4) is 11.5 Å². The molecule has 1 aromatic carbocycles. The summed E-state index contributed by atoms with van der Waals surface area (Å²) in [7, 11) is 0. The summed E-state index contributed by atoms with van der Waals surface area (Å²) in [6, 6.07) is 6.96. The average Bonchev–Trinajstić information content (AvgIpc) is 2.32. The number of aromatic nitrogens is 1. The average molecular weight is 232 g/mol. The Hall–Kier alpha value is -2.43. The summed E-state index contributed by atoms with van der Waals surface area (Å²) in [5, 5.41) is 0. The van der Waals surface area contributed by atoms with Crippen molar-refractivity contribution in [1.82, 2.24) is 4.98 Å². The highest BCUT2D eigenvalue weighted by Gasteiger charge is 2.09. The lowest BCUT2D eigenvalue weighted by molar-refractivity contribution is 0.0997. The van der Waals surface area contributed by atoms with Crippen LogP contribution in [-0.2, 0) is 0 Å². The Kier molecular flexibility index (Phi) is 3.00. The second-order valence-corrected chi connectivity index (χ2v) is 3.29. The van der Waals surface area contributed by atoms with E-state index < -0.39 is 5.91 Å². The van der Waals surface area contributed by atoms with Crippen LogP contribution in [0.5, 0.6) is 11.5 Å². The molecule has 86 valence electrons. The summed E-state index contributed by atoms with van der Waals surface area (Å²) in [6.07, 6.45) is 2.80. The molecular weight excluding hydrogens is 223 g/mol. The summed E-state index contributed by atoms with van der Waals surface area (Å²) in [6.45, 7) is 0. The number of ether oxygens (including phenoxy) is 1. The molecule has 0 fully saturated rings. The van der Waals surface area contributed by atoms with Gasteiger partial charge in [0.15, 0.2) is 0 Å². The minimum absolute atomic E-state index is 0.178. The molecule has 17 heavy (non-hydrogen) atoms. The van der Waals surface area contributed by atoms with Crippen LogP contribution in [0.15, 0.2) is 42.7 Å². The predicted molar refractivity (Wildman–Crippen MR) is 59.2 cm³/mol. The molecule has 0 unspecified atom stereocenters. The van der Waals surface area contributed by atoms with Gasteiger partial charge in [0, 0.05) is 12.4 Å². The number of pyridine rings is 1. The Balaban J connectivity index is 2.30. The molecule has 4 nitrogen and oxygen atoms in total. The first-order chi connectivity index (χ1) is 8.16.